The van der Waals surface area contributed by atoms with E-state index in [4.69, 9.17) is 17.3 Å². The molecule has 2 N–H and O–H groups in total. The average Bonchev–Trinajstić information content (AvgIpc) is 2.36. The Labute approximate surface area is 121 Å². The Balaban J connectivity index is 2.25. The summed E-state index contributed by atoms with van der Waals surface area (Å²) in [6.07, 6.45) is 0. The largest absolute Gasteiger partial charge is 0.399 e. The molecule has 0 aliphatic heterocycles. The van der Waals surface area contributed by atoms with E-state index in [1.54, 1.807) is 18.2 Å². The first-order valence-corrected chi connectivity index (χ1v) is 7.66. The summed E-state index contributed by atoms with van der Waals surface area (Å²) < 4.78 is 12.4. The summed E-state index contributed by atoms with van der Waals surface area (Å²) in [7, 11) is -1.18. The van der Waals surface area contributed by atoms with Crippen LogP contribution in [0.3, 0.4) is 0 Å². The van der Waals surface area contributed by atoms with Crippen LogP contribution in [-0.2, 0) is 16.6 Å². The molecule has 19 heavy (non-hydrogen) atoms. The van der Waals surface area contributed by atoms with Crippen molar-refractivity contribution < 1.29 is 4.21 Å². The normalized spacial score (nSPS) is 12.4. The van der Waals surface area contributed by atoms with Crippen molar-refractivity contribution in [3.63, 3.8) is 0 Å². The fraction of sp³-hybridized carbons (Fsp3) is 0.200. The van der Waals surface area contributed by atoms with E-state index in [0.29, 0.717) is 21.4 Å². The summed E-state index contributed by atoms with van der Waals surface area (Å²) in [6, 6.07) is 11.2. The molecule has 1 atom stereocenters. The van der Waals surface area contributed by atoms with Gasteiger partial charge in [0.2, 0.25) is 0 Å². The van der Waals surface area contributed by atoms with Crippen LogP contribution in [0.1, 0.15) is 16.7 Å². The Morgan fingerprint density at radius 1 is 1.11 bits per heavy atom. The topological polar surface area (TPSA) is 43.1 Å². The number of hydrogen-bond acceptors (Lipinski definition) is 2. The van der Waals surface area contributed by atoms with Gasteiger partial charge in [-0.1, -0.05) is 29.8 Å². The molecule has 1 unspecified atom stereocenters. The second-order valence-electron chi connectivity index (χ2n) is 4.60. The zero-order valence-corrected chi connectivity index (χ0v) is 12.5. The van der Waals surface area contributed by atoms with E-state index in [0.717, 1.165) is 5.56 Å². The van der Waals surface area contributed by atoms with Gasteiger partial charge in [-0.05, 0) is 48.7 Å². The van der Waals surface area contributed by atoms with Crippen molar-refractivity contribution in [3.05, 3.63) is 58.1 Å². The Hall–Kier alpha value is -1.32. The second kappa shape index (κ2) is 5.76. The highest BCUT2D eigenvalue weighted by atomic mass is 35.5. The highest BCUT2D eigenvalue weighted by molar-refractivity contribution is 7.84. The number of benzene rings is 2. The molecule has 100 valence electrons. The summed E-state index contributed by atoms with van der Waals surface area (Å²) in [6.45, 7) is 4.11. The molecule has 0 saturated carbocycles. The molecular formula is C15H16ClNOS. The molecule has 0 spiro atoms. The van der Waals surface area contributed by atoms with Crippen molar-refractivity contribution in [2.45, 2.75) is 24.5 Å². The molecule has 2 aromatic rings. The van der Waals surface area contributed by atoms with Crippen LogP contribution >= 0.6 is 11.6 Å². The molecule has 4 heteroatoms. The molecule has 0 fully saturated rings. The fourth-order valence-electron chi connectivity index (χ4n) is 1.82. The Bertz CT molecular complexity index is 640. The quantitative estimate of drug-likeness (QED) is 0.874. The van der Waals surface area contributed by atoms with E-state index < -0.39 is 10.8 Å². The van der Waals surface area contributed by atoms with Gasteiger partial charge in [-0.25, -0.2) is 0 Å². The third-order valence-corrected chi connectivity index (χ3v) is 4.94. The van der Waals surface area contributed by atoms with Gasteiger partial charge < -0.3 is 5.73 Å². The first kappa shape index (κ1) is 14.1. The number of anilines is 1. The molecular weight excluding hydrogens is 278 g/mol. The molecule has 0 aromatic heterocycles. The van der Waals surface area contributed by atoms with Crippen LogP contribution in [0.25, 0.3) is 0 Å². The number of halogens is 1. The molecule has 0 aliphatic rings. The maximum atomic E-state index is 12.4. The standard InChI is InChI=1S/C15H16ClNOS/c1-10-3-4-12(7-11(10)2)9-19(18)15-8-13(17)5-6-14(15)16/h3-8H,9,17H2,1-2H3. The first-order valence-electron chi connectivity index (χ1n) is 5.97. The van der Waals surface area contributed by atoms with Gasteiger partial charge in [0.1, 0.15) is 0 Å². The predicted molar refractivity (Wildman–Crippen MR) is 81.9 cm³/mol. The van der Waals surface area contributed by atoms with Crippen LogP contribution in [0.4, 0.5) is 5.69 Å². The van der Waals surface area contributed by atoms with Crippen molar-refractivity contribution in [2.75, 3.05) is 5.73 Å². The monoisotopic (exact) mass is 293 g/mol. The summed E-state index contributed by atoms with van der Waals surface area (Å²) in [5.74, 6) is 0.449. The van der Waals surface area contributed by atoms with E-state index in [1.807, 2.05) is 12.1 Å². The van der Waals surface area contributed by atoms with Crippen molar-refractivity contribution in [2.24, 2.45) is 0 Å². The molecule has 0 amide bonds. The lowest BCUT2D eigenvalue weighted by molar-refractivity contribution is 0.682. The average molecular weight is 294 g/mol. The molecule has 0 bridgehead atoms. The maximum Gasteiger partial charge on any atom is 0.0598 e. The summed E-state index contributed by atoms with van der Waals surface area (Å²) >= 11 is 6.07. The first-order chi connectivity index (χ1) is 8.97. The van der Waals surface area contributed by atoms with Gasteiger partial charge in [-0.15, -0.1) is 0 Å². The van der Waals surface area contributed by atoms with Gasteiger partial charge in [0, 0.05) is 5.69 Å². The number of nitrogen functional groups attached to an aromatic ring is 1. The van der Waals surface area contributed by atoms with E-state index in [2.05, 4.69) is 19.9 Å². The lowest BCUT2D eigenvalue weighted by Crippen LogP contribution is -1.99. The Kier molecular flexibility index (Phi) is 4.27. The second-order valence-corrected chi connectivity index (χ2v) is 6.43. The van der Waals surface area contributed by atoms with Crippen LogP contribution in [0.2, 0.25) is 5.02 Å². The minimum atomic E-state index is -1.18. The Morgan fingerprint density at radius 3 is 2.53 bits per heavy atom. The van der Waals surface area contributed by atoms with E-state index >= 15 is 0 Å². The molecule has 0 saturated heterocycles. The van der Waals surface area contributed by atoms with Crippen molar-refractivity contribution in [3.8, 4) is 0 Å². The van der Waals surface area contributed by atoms with Crippen LogP contribution in [0, 0.1) is 13.8 Å². The molecule has 2 aromatic carbocycles. The summed E-state index contributed by atoms with van der Waals surface area (Å²) in [5.41, 5.74) is 9.76. The summed E-state index contributed by atoms with van der Waals surface area (Å²) in [4.78, 5) is 0.597. The zero-order valence-electron chi connectivity index (χ0n) is 10.9. The van der Waals surface area contributed by atoms with Gasteiger partial charge in [-0.2, -0.15) is 0 Å². The lowest BCUT2D eigenvalue weighted by atomic mass is 10.1. The van der Waals surface area contributed by atoms with E-state index in [1.165, 1.54) is 11.1 Å². The third kappa shape index (κ3) is 3.37. The van der Waals surface area contributed by atoms with E-state index in [9.17, 15) is 4.21 Å². The van der Waals surface area contributed by atoms with Crippen LogP contribution < -0.4 is 5.73 Å². The smallest absolute Gasteiger partial charge is 0.0598 e. The summed E-state index contributed by atoms with van der Waals surface area (Å²) in [5, 5.41) is 0.497. The molecule has 2 rings (SSSR count). The maximum absolute atomic E-state index is 12.4. The number of aryl methyl sites for hydroxylation is 2. The third-order valence-electron chi connectivity index (χ3n) is 3.07. The Morgan fingerprint density at radius 2 is 1.84 bits per heavy atom. The number of nitrogens with two attached hydrogens (primary N) is 1. The molecule has 0 aliphatic carbocycles. The highest BCUT2D eigenvalue weighted by Gasteiger charge is 2.10. The van der Waals surface area contributed by atoms with Gasteiger partial charge in [0.25, 0.3) is 0 Å². The van der Waals surface area contributed by atoms with Crippen molar-refractivity contribution in [1.82, 2.24) is 0 Å². The van der Waals surface area contributed by atoms with Crippen LogP contribution in [0.5, 0.6) is 0 Å². The fourth-order valence-corrected chi connectivity index (χ4v) is 3.38. The highest BCUT2D eigenvalue weighted by Crippen LogP contribution is 2.24. The zero-order chi connectivity index (χ0) is 14.0. The van der Waals surface area contributed by atoms with Crippen LogP contribution in [-0.4, -0.2) is 4.21 Å². The van der Waals surface area contributed by atoms with Gasteiger partial charge in [0.05, 0.1) is 26.5 Å². The van der Waals surface area contributed by atoms with Crippen LogP contribution in [0.15, 0.2) is 41.3 Å². The molecule has 0 radical (unpaired) electrons. The van der Waals surface area contributed by atoms with Gasteiger partial charge >= 0.3 is 0 Å². The number of hydrogen-bond donors (Lipinski definition) is 1. The van der Waals surface area contributed by atoms with Crippen molar-refractivity contribution in [1.29, 1.82) is 0 Å². The van der Waals surface area contributed by atoms with Gasteiger partial charge in [-0.3, -0.25) is 4.21 Å². The van der Waals surface area contributed by atoms with E-state index in [-0.39, 0.29) is 0 Å². The lowest BCUT2D eigenvalue weighted by Gasteiger charge is -2.08. The predicted octanol–water partition coefficient (Wildman–Crippen LogP) is 3.85. The van der Waals surface area contributed by atoms with Gasteiger partial charge in [0.15, 0.2) is 0 Å². The minimum absolute atomic E-state index is 0.449. The number of rotatable bonds is 3. The SMILES string of the molecule is Cc1ccc(CS(=O)c2cc(N)ccc2Cl)cc1C. The minimum Gasteiger partial charge on any atom is -0.399 e. The molecule has 0 heterocycles. The molecule has 2 nitrogen and oxygen atoms in total. The van der Waals surface area contributed by atoms with Crippen molar-refractivity contribution >= 4 is 28.1 Å².